The van der Waals surface area contributed by atoms with E-state index in [0.717, 1.165) is 10.6 Å². The summed E-state index contributed by atoms with van der Waals surface area (Å²) in [4.78, 5) is 10.9. The van der Waals surface area contributed by atoms with Crippen LogP contribution in [0, 0.1) is 0 Å². The van der Waals surface area contributed by atoms with Crippen molar-refractivity contribution in [2.45, 2.75) is 19.4 Å². The van der Waals surface area contributed by atoms with Gasteiger partial charge in [-0.2, -0.15) is 5.06 Å². The Kier molecular flexibility index (Phi) is 4.27. The van der Waals surface area contributed by atoms with Crippen LogP contribution >= 0.6 is 0 Å². The molecule has 1 rings (SSSR count). The van der Waals surface area contributed by atoms with E-state index in [4.69, 9.17) is 5.11 Å². The number of benzene rings is 1. The van der Waals surface area contributed by atoms with E-state index < -0.39 is 12.0 Å². The van der Waals surface area contributed by atoms with Crippen molar-refractivity contribution in [2.75, 3.05) is 6.54 Å². The normalized spacial score (nSPS) is 12.7. The molecule has 0 unspecified atom stereocenters. The van der Waals surface area contributed by atoms with Gasteiger partial charge in [0.05, 0.1) is 0 Å². The number of aliphatic carboxylic acids is 1. The lowest BCUT2D eigenvalue weighted by atomic mass is 10.1. The van der Waals surface area contributed by atoms with Crippen molar-refractivity contribution in [3.63, 3.8) is 0 Å². The van der Waals surface area contributed by atoms with Crippen molar-refractivity contribution in [1.29, 1.82) is 0 Å². The van der Waals surface area contributed by atoms with Crippen LogP contribution in [0.4, 0.5) is 0 Å². The zero-order valence-electron chi connectivity index (χ0n) is 8.63. The van der Waals surface area contributed by atoms with Gasteiger partial charge in [0.1, 0.15) is 6.04 Å². The van der Waals surface area contributed by atoms with Crippen LogP contribution in [-0.4, -0.2) is 33.9 Å². The largest absolute Gasteiger partial charge is 0.480 e. The molecule has 0 radical (unpaired) electrons. The third kappa shape index (κ3) is 3.34. The lowest BCUT2D eigenvalue weighted by molar-refractivity contribution is -0.168. The van der Waals surface area contributed by atoms with Crippen LogP contribution in [0.1, 0.15) is 12.5 Å². The van der Waals surface area contributed by atoms with Crippen LogP contribution in [-0.2, 0) is 11.2 Å². The highest BCUT2D eigenvalue weighted by Crippen LogP contribution is 2.07. The van der Waals surface area contributed by atoms with Gasteiger partial charge < -0.3 is 10.3 Å². The number of hydroxylamine groups is 2. The predicted molar refractivity (Wildman–Crippen MR) is 55.7 cm³/mol. The summed E-state index contributed by atoms with van der Waals surface area (Å²) in [5.41, 5.74) is 0.900. The van der Waals surface area contributed by atoms with Crippen LogP contribution < -0.4 is 0 Å². The average Bonchev–Trinajstić information content (AvgIpc) is 2.26. The second-order valence-electron chi connectivity index (χ2n) is 3.30. The van der Waals surface area contributed by atoms with E-state index in [0.29, 0.717) is 13.0 Å². The van der Waals surface area contributed by atoms with E-state index in [1.165, 1.54) is 0 Å². The minimum absolute atomic E-state index is 0.295. The molecule has 1 aromatic carbocycles. The highest BCUT2D eigenvalue weighted by atomic mass is 16.5. The maximum atomic E-state index is 10.9. The van der Waals surface area contributed by atoms with Gasteiger partial charge in [-0.05, 0) is 5.56 Å². The van der Waals surface area contributed by atoms with Crippen molar-refractivity contribution in [3.8, 4) is 0 Å². The Morgan fingerprint density at radius 3 is 2.47 bits per heavy atom. The number of carboxylic acid groups (broad SMARTS) is 1. The summed E-state index contributed by atoms with van der Waals surface area (Å²) in [6, 6.07) is 8.38. The molecule has 0 aromatic heterocycles. The van der Waals surface area contributed by atoms with Gasteiger partial charge >= 0.3 is 5.97 Å². The van der Waals surface area contributed by atoms with Crippen molar-refractivity contribution >= 4 is 5.97 Å². The minimum Gasteiger partial charge on any atom is -0.480 e. The van der Waals surface area contributed by atoms with E-state index in [2.05, 4.69) is 0 Å². The second-order valence-corrected chi connectivity index (χ2v) is 3.30. The molecule has 1 aromatic rings. The Bertz CT molecular complexity index is 313. The molecule has 0 aliphatic rings. The van der Waals surface area contributed by atoms with E-state index in [-0.39, 0.29) is 0 Å². The first-order valence-electron chi connectivity index (χ1n) is 4.87. The molecule has 0 bridgehead atoms. The van der Waals surface area contributed by atoms with Gasteiger partial charge in [-0.1, -0.05) is 37.3 Å². The average molecular weight is 209 g/mol. The number of hydrogen-bond donors (Lipinski definition) is 2. The maximum absolute atomic E-state index is 10.9. The Balaban J connectivity index is 2.71. The number of nitrogens with zero attached hydrogens (tertiary/aromatic N) is 1. The van der Waals surface area contributed by atoms with Crippen molar-refractivity contribution < 1.29 is 15.1 Å². The summed E-state index contributed by atoms with van der Waals surface area (Å²) in [6.45, 7) is 2.00. The van der Waals surface area contributed by atoms with Crippen LogP contribution in [0.15, 0.2) is 30.3 Å². The fourth-order valence-electron chi connectivity index (χ4n) is 1.38. The summed E-state index contributed by atoms with van der Waals surface area (Å²) >= 11 is 0. The predicted octanol–water partition coefficient (Wildman–Crippen LogP) is 1.39. The zero-order chi connectivity index (χ0) is 11.3. The van der Waals surface area contributed by atoms with Crippen LogP contribution in [0.25, 0.3) is 0 Å². The Hall–Kier alpha value is -1.39. The van der Waals surface area contributed by atoms with E-state index in [1.807, 2.05) is 30.3 Å². The Labute approximate surface area is 88.7 Å². The molecule has 82 valence electrons. The fraction of sp³-hybridized carbons (Fsp3) is 0.364. The molecule has 0 saturated heterocycles. The molecular weight excluding hydrogens is 194 g/mol. The maximum Gasteiger partial charge on any atom is 0.323 e. The summed E-state index contributed by atoms with van der Waals surface area (Å²) in [7, 11) is 0. The summed E-state index contributed by atoms with van der Waals surface area (Å²) in [5.74, 6) is -1.01. The number of carbonyl (C=O) groups is 1. The Morgan fingerprint density at radius 1 is 1.40 bits per heavy atom. The first kappa shape index (κ1) is 11.7. The monoisotopic (exact) mass is 209 g/mol. The molecule has 15 heavy (non-hydrogen) atoms. The van der Waals surface area contributed by atoms with Gasteiger partial charge in [0.15, 0.2) is 0 Å². The summed E-state index contributed by atoms with van der Waals surface area (Å²) in [6.07, 6.45) is 0.306. The second kappa shape index (κ2) is 5.48. The molecule has 0 aliphatic carbocycles. The molecule has 4 heteroatoms. The molecule has 4 nitrogen and oxygen atoms in total. The number of rotatable bonds is 5. The van der Waals surface area contributed by atoms with Crippen LogP contribution in [0.3, 0.4) is 0 Å². The lowest BCUT2D eigenvalue weighted by Crippen LogP contribution is -2.40. The van der Waals surface area contributed by atoms with Crippen molar-refractivity contribution in [1.82, 2.24) is 5.06 Å². The first-order chi connectivity index (χ1) is 7.15. The zero-order valence-corrected chi connectivity index (χ0v) is 8.63. The molecular formula is C11H15NO3. The minimum atomic E-state index is -1.01. The van der Waals surface area contributed by atoms with Crippen LogP contribution in [0.5, 0.6) is 0 Å². The number of carboxylic acids is 1. The molecule has 2 N–H and O–H groups in total. The molecule has 1 atom stereocenters. The lowest BCUT2D eigenvalue weighted by Gasteiger charge is -2.20. The quantitative estimate of drug-likeness (QED) is 0.719. The number of hydrogen-bond acceptors (Lipinski definition) is 3. The van der Waals surface area contributed by atoms with E-state index in [1.54, 1.807) is 6.92 Å². The summed E-state index contributed by atoms with van der Waals surface area (Å²) < 4.78 is 0. The van der Waals surface area contributed by atoms with E-state index >= 15 is 0 Å². The van der Waals surface area contributed by atoms with Gasteiger partial charge in [-0.3, -0.25) is 4.79 Å². The van der Waals surface area contributed by atoms with Crippen molar-refractivity contribution in [2.24, 2.45) is 0 Å². The van der Waals surface area contributed by atoms with Gasteiger partial charge in [-0.15, -0.1) is 0 Å². The van der Waals surface area contributed by atoms with Gasteiger partial charge in [0.25, 0.3) is 0 Å². The molecule has 0 fully saturated rings. The SMILES string of the molecule is CCN(O)[C@@H](Cc1ccccc1)C(=O)O. The third-order valence-corrected chi connectivity index (χ3v) is 2.24. The van der Waals surface area contributed by atoms with Gasteiger partial charge in [0.2, 0.25) is 0 Å². The van der Waals surface area contributed by atoms with E-state index in [9.17, 15) is 10.0 Å². The summed E-state index contributed by atoms with van der Waals surface area (Å²) in [5, 5.41) is 19.2. The van der Waals surface area contributed by atoms with Crippen molar-refractivity contribution in [3.05, 3.63) is 35.9 Å². The number of likely N-dealkylation sites (N-methyl/N-ethyl adjacent to an activating group) is 1. The highest BCUT2D eigenvalue weighted by Gasteiger charge is 2.23. The van der Waals surface area contributed by atoms with Gasteiger partial charge in [0, 0.05) is 13.0 Å². The third-order valence-electron chi connectivity index (χ3n) is 2.24. The molecule has 0 aliphatic heterocycles. The van der Waals surface area contributed by atoms with Crippen LogP contribution in [0.2, 0.25) is 0 Å². The highest BCUT2D eigenvalue weighted by molar-refractivity contribution is 5.73. The molecule has 0 amide bonds. The first-order valence-corrected chi connectivity index (χ1v) is 4.87. The Morgan fingerprint density at radius 2 is 2.00 bits per heavy atom. The smallest absolute Gasteiger partial charge is 0.323 e. The standard InChI is InChI=1S/C11H15NO3/c1-2-12(15)10(11(13)14)8-9-6-4-3-5-7-9/h3-7,10,15H,2,8H2,1H3,(H,13,14)/t10-/m0/s1. The van der Waals surface area contributed by atoms with Gasteiger partial charge in [-0.25, -0.2) is 0 Å². The fourth-order valence-corrected chi connectivity index (χ4v) is 1.38. The molecule has 0 heterocycles. The molecule has 0 spiro atoms. The molecule has 0 saturated carbocycles. The topological polar surface area (TPSA) is 60.8 Å².